The molecule has 2 saturated heterocycles. The van der Waals surface area contributed by atoms with Crippen LogP contribution < -0.4 is 10.6 Å². The summed E-state index contributed by atoms with van der Waals surface area (Å²) >= 11 is 3.31. The van der Waals surface area contributed by atoms with Crippen LogP contribution in [0, 0.1) is 10.1 Å². The van der Waals surface area contributed by atoms with Gasteiger partial charge in [-0.15, -0.1) is 0 Å². The minimum atomic E-state index is -0.527. The highest BCUT2D eigenvalue weighted by molar-refractivity contribution is 9.10. The van der Waals surface area contributed by atoms with E-state index in [2.05, 4.69) is 31.5 Å². The maximum Gasteiger partial charge on any atom is 0.294 e. The number of nitro groups is 1. The Bertz CT molecular complexity index is 1200. The van der Waals surface area contributed by atoms with Crippen LogP contribution in [-0.2, 0) is 9.47 Å². The molecule has 3 atom stereocenters. The van der Waals surface area contributed by atoms with Gasteiger partial charge in [-0.2, -0.15) is 0 Å². The summed E-state index contributed by atoms with van der Waals surface area (Å²) in [7, 11) is 3.26. The number of hydrogen-bond acceptors (Lipinski definition) is 9. The number of likely N-dealkylation sites (tertiary alicyclic amines) is 1. The van der Waals surface area contributed by atoms with Gasteiger partial charge >= 0.3 is 0 Å². The van der Waals surface area contributed by atoms with Crippen LogP contribution in [-0.4, -0.2) is 96.7 Å². The molecule has 0 bridgehead atoms. The molecule has 0 radical (unpaired) electrons. The molecule has 198 valence electrons. The van der Waals surface area contributed by atoms with Crippen molar-refractivity contribution in [3.63, 3.8) is 0 Å². The molecule has 13 heteroatoms. The van der Waals surface area contributed by atoms with Crippen molar-refractivity contribution >= 4 is 44.8 Å². The Hall–Kier alpha value is -3.29. The van der Waals surface area contributed by atoms with Crippen LogP contribution in [0.25, 0.3) is 0 Å². The van der Waals surface area contributed by atoms with Crippen molar-refractivity contribution in [2.24, 2.45) is 0 Å². The van der Waals surface area contributed by atoms with Crippen molar-refractivity contribution in [3.8, 4) is 0 Å². The number of methoxy groups -OCH3 is 1. The standard InChI is InChI=1S/C24H29BrN6O6/c1-14-13-37-5-4-30(14)24(33)18-7-16(25)8-20(31(34)35)22(18)28-19-11-29(12-21(19)36-3)23(32)15-6-17(26-2)10-27-9-15/h6-10,14,19,21,26,28H,4-5,11-13H2,1-3H3/t14-,19+,21+/m1/s1. The number of halogens is 1. The summed E-state index contributed by atoms with van der Waals surface area (Å²) in [6.07, 6.45) is 2.65. The van der Waals surface area contributed by atoms with Crippen molar-refractivity contribution in [1.82, 2.24) is 14.8 Å². The van der Waals surface area contributed by atoms with Gasteiger partial charge in [-0.25, -0.2) is 0 Å². The number of morpholine rings is 1. The number of pyridine rings is 1. The fourth-order valence-corrected chi connectivity index (χ4v) is 5.06. The van der Waals surface area contributed by atoms with Gasteiger partial charge in [0.15, 0.2) is 0 Å². The van der Waals surface area contributed by atoms with Gasteiger partial charge in [-0.05, 0) is 19.1 Å². The van der Waals surface area contributed by atoms with E-state index >= 15 is 0 Å². The van der Waals surface area contributed by atoms with Crippen LogP contribution in [0.4, 0.5) is 17.1 Å². The van der Waals surface area contributed by atoms with Gasteiger partial charge in [-0.3, -0.25) is 24.7 Å². The molecule has 4 rings (SSSR count). The van der Waals surface area contributed by atoms with Gasteiger partial charge in [0.2, 0.25) is 0 Å². The Morgan fingerprint density at radius 1 is 1.24 bits per heavy atom. The average Bonchev–Trinajstić information content (AvgIpc) is 3.31. The molecule has 12 nitrogen and oxygen atoms in total. The second-order valence-electron chi connectivity index (χ2n) is 8.97. The lowest BCUT2D eigenvalue weighted by Crippen LogP contribution is -2.47. The topological polar surface area (TPSA) is 139 Å². The lowest BCUT2D eigenvalue weighted by Gasteiger charge is -2.34. The largest absolute Gasteiger partial charge is 0.387 e. The number of nitro benzene ring substituents is 1. The van der Waals surface area contributed by atoms with Crippen LogP contribution in [0.2, 0.25) is 0 Å². The number of carbonyl (C=O) groups is 2. The first kappa shape index (κ1) is 26.8. The van der Waals surface area contributed by atoms with Crippen molar-refractivity contribution in [2.75, 3.05) is 57.6 Å². The van der Waals surface area contributed by atoms with E-state index in [0.29, 0.717) is 35.5 Å². The minimum Gasteiger partial charge on any atom is -0.387 e. The van der Waals surface area contributed by atoms with E-state index in [0.717, 1.165) is 0 Å². The van der Waals surface area contributed by atoms with Gasteiger partial charge in [0.1, 0.15) is 5.69 Å². The quantitative estimate of drug-likeness (QED) is 0.376. The lowest BCUT2D eigenvalue weighted by molar-refractivity contribution is -0.384. The number of carbonyl (C=O) groups excluding carboxylic acids is 2. The number of nitrogens with zero attached hydrogens (tertiary/aromatic N) is 4. The van der Waals surface area contributed by atoms with Crippen LogP contribution >= 0.6 is 15.9 Å². The zero-order valence-corrected chi connectivity index (χ0v) is 22.4. The first-order valence-corrected chi connectivity index (χ1v) is 12.6. The number of aromatic nitrogens is 1. The predicted octanol–water partition coefficient (Wildman–Crippen LogP) is 2.61. The maximum atomic E-state index is 13.6. The van der Waals surface area contributed by atoms with E-state index in [9.17, 15) is 19.7 Å². The van der Waals surface area contributed by atoms with Crippen molar-refractivity contribution < 1.29 is 24.0 Å². The molecule has 2 amide bonds. The molecule has 3 heterocycles. The molecule has 0 saturated carbocycles. The smallest absolute Gasteiger partial charge is 0.294 e. The van der Waals surface area contributed by atoms with Gasteiger partial charge in [0.05, 0.1) is 53.1 Å². The fourth-order valence-electron chi connectivity index (χ4n) is 4.62. The zero-order valence-electron chi connectivity index (χ0n) is 20.8. The van der Waals surface area contributed by atoms with Gasteiger partial charge < -0.3 is 29.9 Å². The van der Waals surface area contributed by atoms with Crippen LogP contribution in [0.15, 0.2) is 35.1 Å². The summed E-state index contributed by atoms with van der Waals surface area (Å²) in [5.41, 5.74) is 1.13. The molecule has 2 aromatic rings. The zero-order chi connectivity index (χ0) is 26.7. The molecular weight excluding hydrogens is 548 g/mol. The first-order chi connectivity index (χ1) is 17.7. The molecule has 2 aliphatic heterocycles. The Balaban J connectivity index is 1.65. The molecule has 2 fully saturated rings. The molecular formula is C24H29BrN6O6. The number of ether oxygens (including phenoxy) is 2. The molecule has 0 aliphatic carbocycles. The summed E-state index contributed by atoms with van der Waals surface area (Å²) in [6, 6.07) is 3.96. The molecule has 0 unspecified atom stereocenters. The first-order valence-electron chi connectivity index (χ1n) is 11.8. The second kappa shape index (κ2) is 11.4. The Kier molecular flexibility index (Phi) is 8.25. The van der Waals surface area contributed by atoms with Crippen molar-refractivity contribution in [1.29, 1.82) is 0 Å². The van der Waals surface area contributed by atoms with Crippen molar-refractivity contribution in [3.05, 3.63) is 56.3 Å². The van der Waals surface area contributed by atoms with E-state index in [4.69, 9.17) is 9.47 Å². The predicted molar refractivity (Wildman–Crippen MR) is 140 cm³/mol. The lowest BCUT2D eigenvalue weighted by atomic mass is 10.1. The molecule has 1 aromatic heterocycles. The third kappa shape index (κ3) is 5.68. The van der Waals surface area contributed by atoms with Crippen LogP contribution in [0.5, 0.6) is 0 Å². The molecule has 2 aliphatic rings. The normalized spacial score (nSPS) is 21.6. The van der Waals surface area contributed by atoms with E-state index in [1.54, 1.807) is 35.2 Å². The third-order valence-electron chi connectivity index (χ3n) is 6.60. The van der Waals surface area contributed by atoms with E-state index in [1.807, 2.05) is 6.92 Å². The number of benzene rings is 1. The summed E-state index contributed by atoms with van der Waals surface area (Å²) in [5.74, 6) is -0.572. The Morgan fingerprint density at radius 3 is 2.70 bits per heavy atom. The number of nitrogens with one attached hydrogen (secondary N) is 2. The molecule has 0 spiro atoms. The minimum absolute atomic E-state index is 0.0945. The van der Waals surface area contributed by atoms with E-state index in [-0.39, 0.29) is 47.9 Å². The van der Waals surface area contributed by atoms with Crippen LogP contribution in [0.1, 0.15) is 27.6 Å². The number of anilines is 2. The summed E-state index contributed by atoms with van der Waals surface area (Å²) in [4.78, 5) is 45.6. The number of rotatable bonds is 7. The Labute approximate surface area is 222 Å². The fraction of sp³-hybridized carbons (Fsp3) is 0.458. The highest BCUT2D eigenvalue weighted by Crippen LogP contribution is 2.35. The number of hydrogen-bond donors (Lipinski definition) is 2. The highest BCUT2D eigenvalue weighted by atomic mass is 79.9. The van der Waals surface area contributed by atoms with Gasteiger partial charge in [0.25, 0.3) is 17.5 Å². The van der Waals surface area contributed by atoms with Gasteiger partial charge in [-0.1, -0.05) is 15.9 Å². The number of amides is 2. The van der Waals surface area contributed by atoms with Crippen LogP contribution in [0.3, 0.4) is 0 Å². The highest BCUT2D eigenvalue weighted by Gasteiger charge is 2.39. The molecule has 2 N–H and O–H groups in total. The summed E-state index contributed by atoms with van der Waals surface area (Å²) in [6.45, 7) is 3.52. The van der Waals surface area contributed by atoms with Crippen molar-refractivity contribution in [2.45, 2.75) is 25.1 Å². The SMILES string of the molecule is CNc1cncc(C(=O)N2C[C@H](Nc3c(C(=O)N4CCOC[C@H]4C)cc(Br)cc3[N+](=O)[O-])[C@@H](OC)C2)c1. The average molecular weight is 577 g/mol. The van der Waals surface area contributed by atoms with E-state index in [1.165, 1.54) is 19.4 Å². The molecule has 1 aromatic carbocycles. The molecule has 37 heavy (non-hydrogen) atoms. The van der Waals surface area contributed by atoms with Gasteiger partial charge in [0, 0.05) is 56.7 Å². The summed E-state index contributed by atoms with van der Waals surface area (Å²) in [5, 5.41) is 18.2. The third-order valence-corrected chi connectivity index (χ3v) is 7.06. The maximum absolute atomic E-state index is 13.6. The summed E-state index contributed by atoms with van der Waals surface area (Å²) < 4.78 is 11.5. The Morgan fingerprint density at radius 2 is 2.03 bits per heavy atom. The van der Waals surface area contributed by atoms with E-state index < -0.39 is 17.1 Å². The monoisotopic (exact) mass is 576 g/mol. The second-order valence-corrected chi connectivity index (χ2v) is 9.89.